The molecule has 4 rings (SSSR count). The van der Waals surface area contributed by atoms with Gasteiger partial charge >= 0.3 is 12.1 Å². The van der Waals surface area contributed by atoms with E-state index in [0.717, 1.165) is 17.9 Å². The Bertz CT molecular complexity index is 1360. The number of rotatable bonds is 11. The van der Waals surface area contributed by atoms with Gasteiger partial charge in [-0.2, -0.15) is 4.68 Å². The smallest absolute Gasteiger partial charge is 0.410 e. The number of halogens is 1. The van der Waals surface area contributed by atoms with Crippen LogP contribution in [-0.4, -0.2) is 93.7 Å². The number of likely N-dealkylation sites (tertiary alicyclic amines) is 1. The van der Waals surface area contributed by atoms with Gasteiger partial charge in [0.2, 0.25) is 5.91 Å². The van der Waals surface area contributed by atoms with Gasteiger partial charge in [-0.25, -0.2) is 18.0 Å². The first-order chi connectivity index (χ1) is 20.2. The Hall–Kier alpha value is -3.21. The van der Waals surface area contributed by atoms with Crippen molar-refractivity contribution in [2.45, 2.75) is 56.7 Å². The lowest BCUT2D eigenvalue weighted by atomic mass is 9.79. The monoisotopic (exact) mass is 644 g/mol. The van der Waals surface area contributed by atoms with Gasteiger partial charge in [-0.05, 0) is 19.8 Å². The van der Waals surface area contributed by atoms with Gasteiger partial charge in [0.15, 0.2) is 13.2 Å². The Balaban J connectivity index is 0.000000934. The number of carbonyl (C=O) groups excluding carboxylic acids is 3. The summed E-state index contributed by atoms with van der Waals surface area (Å²) < 4.78 is 50.1. The van der Waals surface area contributed by atoms with Crippen molar-refractivity contribution in [1.29, 1.82) is 0 Å². The molecule has 0 saturated carbocycles. The fraction of sp³-hybridized carbons (Fsp3) is 0.556. The minimum atomic E-state index is -5.42. The van der Waals surface area contributed by atoms with Gasteiger partial charge in [0.25, 0.3) is 10.5 Å². The van der Waals surface area contributed by atoms with Gasteiger partial charge in [-0.1, -0.05) is 32.2 Å². The number of thioether (sulfide) groups is 1. The minimum Gasteiger partial charge on any atom is -0.722 e. The molecule has 13 nitrogen and oxygen atoms in total. The Morgan fingerprint density at radius 1 is 1.30 bits per heavy atom. The molecule has 238 valence electrons. The summed E-state index contributed by atoms with van der Waals surface area (Å²) in [5, 5.41) is 10.2. The molecular weight excluding hydrogens is 607 g/mol. The zero-order valence-corrected chi connectivity index (χ0v) is 25.8. The largest absolute Gasteiger partial charge is 0.722 e. The predicted molar refractivity (Wildman–Crippen MR) is 152 cm³/mol. The second-order valence-corrected chi connectivity index (χ2v) is 12.5. The Kier molecular flexibility index (Phi) is 11.6. The number of aryl methyl sites for hydroxylation is 2. The summed E-state index contributed by atoms with van der Waals surface area (Å²) in [6, 6.07) is 1.62. The van der Waals surface area contributed by atoms with Gasteiger partial charge in [0.05, 0.1) is 30.8 Å². The predicted octanol–water partition coefficient (Wildman–Crippen LogP) is 1.42. The van der Waals surface area contributed by atoms with Crippen LogP contribution in [0.1, 0.15) is 26.7 Å². The van der Waals surface area contributed by atoms with Crippen LogP contribution >= 0.6 is 11.8 Å². The fourth-order valence-electron chi connectivity index (χ4n) is 5.69. The van der Waals surface area contributed by atoms with Crippen LogP contribution in [0.25, 0.3) is 0 Å². The highest BCUT2D eigenvalue weighted by atomic mass is 32.3. The van der Waals surface area contributed by atoms with Crippen molar-refractivity contribution in [2.75, 3.05) is 19.8 Å². The third-order valence-corrected chi connectivity index (χ3v) is 9.01. The topological polar surface area (TPSA) is 162 Å². The van der Waals surface area contributed by atoms with Crippen molar-refractivity contribution in [3.8, 4) is 0 Å². The zero-order valence-electron chi connectivity index (χ0n) is 24.2. The number of fused-ring (bicyclic) bond motifs is 1. The number of ether oxygens (including phenoxy) is 2. The molecule has 0 aliphatic carbocycles. The summed E-state index contributed by atoms with van der Waals surface area (Å²) in [5.74, 6) is -1.55. The third kappa shape index (κ3) is 8.25. The molecule has 2 amide bonds. The van der Waals surface area contributed by atoms with Crippen LogP contribution in [0, 0.1) is 11.8 Å². The molecule has 16 heteroatoms. The van der Waals surface area contributed by atoms with Crippen LogP contribution in [0.3, 0.4) is 0 Å². The molecule has 1 N–H and O–H groups in total. The fourth-order valence-corrected chi connectivity index (χ4v) is 7.25. The SMILES string of the molecule is C=CCOC(=O)C1=C(S[C@H]2C[C@@H](CCn3ccc[n+]3C)N(C(=O)OCC=C)C2)[C@H](C)[C@@H]2[C@@H]([C@@H](C)O)C(=O)N12.O=S(=O)([O-])F. The number of esters is 1. The van der Waals surface area contributed by atoms with E-state index in [1.165, 1.54) is 22.7 Å². The van der Waals surface area contributed by atoms with Gasteiger partial charge < -0.3 is 28.9 Å². The zero-order chi connectivity index (χ0) is 32.1. The van der Waals surface area contributed by atoms with Crippen LogP contribution in [-0.2, 0) is 43.2 Å². The number of carbonyl (C=O) groups is 3. The molecule has 1 aromatic rings. The summed E-state index contributed by atoms with van der Waals surface area (Å²) >= 11 is 1.53. The summed E-state index contributed by atoms with van der Waals surface area (Å²) in [6.07, 6.45) is 7.23. The molecule has 3 aliphatic heterocycles. The maximum Gasteiger partial charge on any atom is 0.410 e. The molecule has 2 fully saturated rings. The number of amides is 2. The number of aliphatic hydroxyl groups excluding tert-OH is 1. The van der Waals surface area contributed by atoms with Crippen molar-refractivity contribution >= 4 is 40.2 Å². The molecule has 3 aliphatic rings. The van der Waals surface area contributed by atoms with Crippen molar-refractivity contribution in [1.82, 2.24) is 14.5 Å². The maximum atomic E-state index is 13.1. The van der Waals surface area contributed by atoms with E-state index in [0.29, 0.717) is 13.0 Å². The minimum absolute atomic E-state index is 0.00634. The summed E-state index contributed by atoms with van der Waals surface area (Å²) in [5.41, 5.74) is 0.250. The standard InChI is InChI=1S/C27H37N4O6S.FHO3S/c1-6-13-36-26(34)23-24(17(3)22-21(18(4)32)25(33)31(22)23)38-20-15-19(9-12-29-11-8-10-28(29)5)30(16-20)27(35)37-14-7-2;1-5(2,3)4/h6-8,10-11,17-22,32H,1-2,9,12-16H2,3-5H3;(H,2,3,4)/q+1;/p-1/t17-,18-,19-,20+,21-,22-;/m1./s1. The van der Waals surface area contributed by atoms with Crippen LogP contribution in [0.5, 0.6) is 0 Å². The molecule has 2 saturated heterocycles. The van der Waals surface area contributed by atoms with Crippen LogP contribution in [0.15, 0.2) is 54.4 Å². The lowest BCUT2D eigenvalue weighted by Gasteiger charge is -2.46. The molecule has 0 unspecified atom stereocenters. The molecule has 0 radical (unpaired) electrons. The number of aliphatic hydroxyl groups is 1. The number of β-lactam (4-membered cyclic amide) rings is 1. The Morgan fingerprint density at radius 3 is 2.49 bits per heavy atom. The van der Waals surface area contributed by atoms with Crippen LogP contribution < -0.4 is 4.68 Å². The van der Waals surface area contributed by atoms with Crippen molar-refractivity contribution in [3.63, 3.8) is 0 Å². The van der Waals surface area contributed by atoms with E-state index in [9.17, 15) is 23.4 Å². The quantitative estimate of drug-likeness (QED) is 0.0931. The van der Waals surface area contributed by atoms with Gasteiger partial charge in [0, 0.05) is 34.7 Å². The van der Waals surface area contributed by atoms with Crippen molar-refractivity contribution < 1.29 is 50.5 Å². The van der Waals surface area contributed by atoms with E-state index in [1.807, 2.05) is 37.1 Å². The molecule has 0 aromatic carbocycles. The summed E-state index contributed by atoms with van der Waals surface area (Å²) in [4.78, 5) is 42.9. The normalized spacial score (nSPS) is 25.3. The average Bonchev–Trinajstić information content (AvgIpc) is 3.58. The molecule has 6 atom stereocenters. The molecule has 0 spiro atoms. The number of hydrogen-bond donors (Lipinski definition) is 1. The van der Waals surface area contributed by atoms with Crippen LogP contribution in [0.4, 0.5) is 8.68 Å². The molecular formula is C27H37FN4O9S2. The number of aromatic nitrogens is 2. The highest BCUT2D eigenvalue weighted by Gasteiger charge is 2.60. The Labute approximate surface area is 254 Å². The first-order valence-electron chi connectivity index (χ1n) is 13.6. The summed E-state index contributed by atoms with van der Waals surface area (Å²) in [7, 11) is -3.45. The van der Waals surface area contributed by atoms with Gasteiger partial charge in [-0.15, -0.1) is 20.3 Å². The van der Waals surface area contributed by atoms with E-state index in [2.05, 4.69) is 17.8 Å². The second-order valence-electron chi connectivity index (χ2n) is 10.4. The van der Waals surface area contributed by atoms with Gasteiger partial charge in [-0.3, -0.25) is 4.79 Å². The van der Waals surface area contributed by atoms with E-state index >= 15 is 0 Å². The lowest BCUT2D eigenvalue weighted by Crippen LogP contribution is -2.63. The highest BCUT2D eigenvalue weighted by Crippen LogP contribution is 2.52. The first-order valence-corrected chi connectivity index (χ1v) is 15.8. The molecule has 4 heterocycles. The van der Waals surface area contributed by atoms with E-state index in [1.54, 1.807) is 17.9 Å². The van der Waals surface area contributed by atoms with Gasteiger partial charge in [0.1, 0.15) is 18.9 Å². The second kappa shape index (κ2) is 14.5. The highest BCUT2D eigenvalue weighted by molar-refractivity contribution is 8.03. The number of nitrogens with zero attached hydrogens (tertiary/aromatic N) is 4. The molecule has 0 bridgehead atoms. The van der Waals surface area contributed by atoms with E-state index < -0.39 is 28.5 Å². The average molecular weight is 645 g/mol. The van der Waals surface area contributed by atoms with Crippen molar-refractivity contribution in [3.05, 3.63) is 54.4 Å². The first kappa shape index (κ1) is 34.3. The van der Waals surface area contributed by atoms with E-state index in [4.69, 9.17) is 22.4 Å². The molecule has 43 heavy (non-hydrogen) atoms. The maximum absolute atomic E-state index is 13.1. The Morgan fingerprint density at radius 2 is 1.93 bits per heavy atom. The van der Waals surface area contributed by atoms with Crippen molar-refractivity contribution in [2.24, 2.45) is 18.9 Å². The third-order valence-electron chi connectivity index (χ3n) is 7.52. The summed E-state index contributed by atoms with van der Waals surface area (Å²) in [6.45, 7) is 12.2. The number of hydrogen-bond acceptors (Lipinski definition) is 10. The lowest BCUT2D eigenvalue weighted by molar-refractivity contribution is -0.753. The van der Waals surface area contributed by atoms with Crippen LogP contribution in [0.2, 0.25) is 0 Å². The molecule has 1 aromatic heterocycles. The van der Waals surface area contributed by atoms with E-state index in [-0.39, 0.29) is 54.2 Å².